The Morgan fingerprint density at radius 1 is 0.830 bits per heavy atom. The lowest BCUT2D eigenvalue weighted by Crippen LogP contribution is -2.42. The van der Waals surface area contributed by atoms with Crippen molar-refractivity contribution >= 4 is 45.5 Å². The predicted octanol–water partition coefficient (Wildman–Crippen LogP) is 5.12. The van der Waals surface area contributed by atoms with Crippen molar-refractivity contribution in [1.82, 2.24) is 29.7 Å². The molecular formula is C36H33N7O4. The molecule has 6 aromatic rings. The van der Waals surface area contributed by atoms with Gasteiger partial charge in [0.15, 0.2) is 0 Å². The third-order valence-corrected chi connectivity index (χ3v) is 8.39. The number of carboxylic acids is 1. The maximum atomic E-state index is 14.3. The summed E-state index contributed by atoms with van der Waals surface area (Å²) in [6.07, 6.45) is 0.257. The van der Waals surface area contributed by atoms with Gasteiger partial charge in [0.1, 0.15) is 17.7 Å². The Morgan fingerprint density at radius 2 is 1.45 bits per heavy atom. The van der Waals surface area contributed by atoms with Gasteiger partial charge in [0.25, 0.3) is 5.91 Å². The summed E-state index contributed by atoms with van der Waals surface area (Å²) in [6.45, 7) is 1.06. The van der Waals surface area contributed by atoms with Crippen LogP contribution in [0.15, 0.2) is 97.1 Å². The van der Waals surface area contributed by atoms with Crippen molar-refractivity contribution in [2.24, 2.45) is 0 Å². The predicted molar refractivity (Wildman–Crippen MR) is 177 cm³/mol. The fourth-order valence-electron chi connectivity index (χ4n) is 6.07. The van der Waals surface area contributed by atoms with Gasteiger partial charge < -0.3 is 30.2 Å². The number of imidazole rings is 2. The van der Waals surface area contributed by atoms with Crippen LogP contribution in [-0.2, 0) is 35.6 Å². The van der Waals surface area contributed by atoms with E-state index in [1.807, 2.05) is 78.9 Å². The lowest BCUT2D eigenvalue weighted by atomic mass is 10.1. The number of anilines is 1. The van der Waals surface area contributed by atoms with Crippen molar-refractivity contribution in [3.63, 3.8) is 0 Å². The van der Waals surface area contributed by atoms with Crippen LogP contribution in [0.2, 0.25) is 0 Å². The average molecular weight is 628 g/mol. The number of nitrogens with one attached hydrogen (secondary N) is 3. The van der Waals surface area contributed by atoms with Crippen LogP contribution in [0.1, 0.15) is 39.6 Å². The van der Waals surface area contributed by atoms with E-state index in [-0.39, 0.29) is 37.9 Å². The van der Waals surface area contributed by atoms with Gasteiger partial charge in [0, 0.05) is 24.3 Å². The Morgan fingerprint density at radius 3 is 2.06 bits per heavy atom. The number of benzene rings is 4. The average Bonchev–Trinajstić information content (AvgIpc) is 3.66. The molecule has 1 unspecified atom stereocenters. The molecule has 0 spiro atoms. The van der Waals surface area contributed by atoms with Crippen LogP contribution in [-0.4, -0.2) is 65.2 Å². The lowest BCUT2D eigenvalue weighted by molar-refractivity contribution is -0.141. The van der Waals surface area contributed by atoms with Gasteiger partial charge in [-0.05, 0) is 60.0 Å². The highest BCUT2D eigenvalue weighted by Crippen LogP contribution is 2.27. The van der Waals surface area contributed by atoms with Gasteiger partial charge in [0.05, 0.1) is 41.6 Å². The van der Waals surface area contributed by atoms with Crippen molar-refractivity contribution in [3.05, 3.63) is 125 Å². The highest BCUT2D eigenvalue weighted by atomic mass is 16.4. The molecule has 1 atom stereocenters. The van der Waals surface area contributed by atoms with Crippen LogP contribution in [0.4, 0.5) is 5.69 Å². The summed E-state index contributed by atoms with van der Waals surface area (Å²) >= 11 is 0. The third kappa shape index (κ3) is 6.55. The Bertz CT molecular complexity index is 1950. The molecule has 0 saturated heterocycles. The van der Waals surface area contributed by atoms with Crippen LogP contribution >= 0.6 is 0 Å². The van der Waals surface area contributed by atoms with Crippen LogP contribution in [0, 0.1) is 0 Å². The van der Waals surface area contributed by atoms with Crippen LogP contribution in [0.3, 0.4) is 0 Å². The number of hydrogen-bond acceptors (Lipinski definition) is 6. The summed E-state index contributed by atoms with van der Waals surface area (Å²) < 4.78 is 0. The van der Waals surface area contributed by atoms with Crippen molar-refractivity contribution in [2.75, 3.05) is 11.9 Å². The first-order valence-corrected chi connectivity index (χ1v) is 15.5. The summed E-state index contributed by atoms with van der Waals surface area (Å²) in [5, 5.41) is 12.7. The molecule has 0 aliphatic carbocycles. The van der Waals surface area contributed by atoms with Crippen LogP contribution < -0.4 is 5.32 Å². The van der Waals surface area contributed by atoms with Gasteiger partial charge >= 0.3 is 5.97 Å². The number of carbonyl (C=O) groups is 3. The number of aromatic amines is 2. The second kappa shape index (κ2) is 12.8. The molecular weight excluding hydrogens is 594 g/mol. The molecule has 0 saturated carbocycles. The number of H-pyrrole nitrogens is 2. The monoisotopic (exact) mass is 627 g/mol. The van der Waals surface area contributed by atoms with E-state index in [1.165, 1.54) is 0 Å². The number of amides is 2. The quantitative estimate of drug-likeness (QED) is 0.165. The van der Waals surface area contributed by atoms with Gasteiger partial charge in [0.2, 0.25) is 5.91 Å². The standard InChI is InChI=1S/C36H33N7O4/c44-34(45)19-31-36(47)42(17-16-23-8-2-1-3-9-23)20-25-18-24(14-15-26(25)37-31)35(46)43(21-32-38-27-10-4-5-11-28(27)39-32)22-33-40-29-12-6-7-13-30(29)41-33/h1-15,18,31,37H,16-17,19-22H2,(H,38,39)(H,40,41)(H,44,45). The minimum Gasteiger partial charge on any atom is -0.481 e. The SMILES string of the molecule is O=C(O)CC1Nc2ccc(C(=O)N(Cc3nc4ccccc4[nH]3)Cc3nc4ccccc4[nH]3)cc2CN(CCc2ccccc2)C1=O. The molecule has 47 heavy (non-hydrogen) atoms. The Hall–Kier alpha value is -5.97. The summed E-state index contributed by atoms with van der Waals surface area (Å²) in [5.74, 6) is -0.311. The van der Waals surface area contributed by atoms with Gasteiger partial charge in [-0.25, -0.2) is 9.97 Å². The Labute approximate surface area is 270 Å². The lowest BCUT2D eigenvalue weighted by Gasteiger charge is -2.24. The fourth-order valence-corrected chi connectivity index (χ4v) is 6.07. The molecule has 2 aromatic heterocycles. The molecule has 2 amide bonds. The van der Waals surface area contributed by atoms with Crippen molar-refractivity contribution < 1.29 is 19.5 Å². The molecule has 0 radical (unpaired) electrons. The van der Waals surface area contributed by atoms with Crippen molar-refractivity contribution in [1.29, 1.82) is 0 Å². The van der Waals surface area contributed by atoms with Gasteiger partial charge in [-0.15, -0.1) is 0 Å². The molecule has 7 rings (SSSR count). The normalized spacial score (nSPS) is 14.5. The Balaban J connectivity index is 1.20. The molecule has 11 heteroatoms. The molecule has 3 heterocycles. The smallest absolute Gasteiger partial charge is 0.305 e. The molecule has 4 N–H and O–H groups in total. The number of para-hydroxylation sites is 4. The second-order valence-electron chi connectivity index (χ2n) is 11.7. The second-order valence-corrected chi connectivity index (χ2v) is 11.7. The first-order chi connectivity index (χ1) is 22.9. The third-order valence-electron chi connectivity index (χ3n) is 8.39. The van der Waals surface area contributed by atoms with E-state index in [2.05, 4.69) is 15.3 Å². The van der Waals surface area contributed by atoms with Crippen molar-refractivity contribution in [2.45, 2.75) is 38.5 Å². The van der Waals surface area contributed by atoms with Crippen LogP contribution in [0.25, 0.3) is 22.1 Å². The number of hydrogen-bond donors (Lipinski definition) is 4. The zero-order valence-corrected chi connectivity index (χ0v) is 25.5. The number of rotatable bonds is 10. The van der Waals surface area contributed by atoms with Crippen molar-refractivity contribution in [3.8, 4) is 0 Å². The summed E-state index contributed by atoms with van der Waals surface area (Å²) in [5.41, 5.74) is 6.25. The highest BCUT2D eigenvalue weighted by molar-refractivity contribution is 5.96. The van der Waals surface area contributed by atoms with E-state index in [4.69, 9.17) is 9.97 Å². The minimum absolute atomic E-state index is 0.211. The summed E-state index contributed by atoms with van der Waals surface area (Å²) in [6, 6.07) is 29.6. The van der Waals surface area contributed by atoms with Gasteiger partial charge in [-0.3, -0.25) is 14.4 Å². The fraction of sp³-hybridized carbons (Fsp3) is 0.194. The number of aliphatic carboxylic acids is 1. The zero-order chi connectivity index (χ0) is 32.3. The topological polar surface area (TPSA) is 147 Å². The molecule has 0 fully saturated rings. The van der Waals surface area contributed by atoms with E-state index < -0.39 is 12.0 Å². The number of carbonyl (C=O) groups excluding carboxylic acids is 2. The van der Waals surface area contributed by atoms with E-state index in [1.54, 1.807) is 28.0 Å². The number of fused-ring (bicyclic) bond motifs is 3. The first kappa shape index (κ1) is 29.7. The maximum absolute atomic E-state index is 14.3. The molecule has 1 aliphatic rings. The van der Waals surface area contributed by atoms with E-state index in [9.17, 15) is 19.5 Å². The Kier molecular flexibility index (Phi) is 8.09. The number of aromatic nitrogens is 4. The van der Waals surface area contributed by atoms with E-state index >= 15 is 0 Å². The molecule has 11 nitrogen and oxygen atoms in total. The number of nitrogens with zero attached hydrogens (tertiary/aromatic N) is 4. The zero-order valence-electron chi connectivity index (χ0n) is 25.5. The molecule has 0 bridgehead atoms. The maximum Gasteiger partial charge on any atom is 0.305 e. The molecule has 1 aliphatic heterocycles. The van der Waals surface area contributed by atoms with Gasteiger partial charge in [-0.1, -0.05) is 54.6 Å². The highest BCUT2D eigenvalue weighted by Gasteiger charge is 2.31. The first-order valence-electron chi connectivity index (χ1n) is 15.5. The summed E-state index contributed by atoms with van der Waals surface area (Å²) in [4.78, 5) is 58.9. The van der Waals surface area contributed by atoms with E-state index in [0.717, 1.165) is 33.2 Å². The largest absolute Gasteiger partial charge is 0.481 e. The molecule has 236 valence electrons. The minimum atomic E-state index is -1.07. The summed E-state index contributed by atoms with van der Waals surface area (Å²) in [7, 11) is 0. The van der Waals surface area contributed by atoms with E-state index in [0.29, 0.717) is 35.9 Å². The van der Waals surface area contributed by atoms with Gasteiger partial charge in [-0.2, -0.15) is 0 Å². The number of carboxylic acid groups (broad SMARTS) is 1. The van der Waals surface area contributed by atoms with Crippen LogP contribution in [0.5, 0.6) is 0 Å². The molecule has 4 aromatic carbocycles.